The van der Waals surface area contributed by atoms with Crippen LogP contribution in [0.1, 0.15) is 51.4 Å². The molecule has 5 nitrogen and oxygen atoms in total. The van der Waals surface area contributed by atoms with Crippen LogP contribution in [-0.4, -0.2) is 60.9 Å². The maximum Gasteiger partial charge on any atom is 0.226 e. The number of rotatable bonds is 2. The predicted molar refractivity (Wildman–Crippen MR) is 104 cm³/mol. The molecule has 3 aliphatic heterocycles. The lowest BCUT2D eigenvalue weighted by Crippen LogP contribution is -2.46. The van der Waals surface area contributed by atoms with Crippen molar-refractivity contribution in [1.82, 2.24) is 15.1 Å². The van der Waals surface area contributed by atoms with Crippen LogP contribution in [0, 0.1) is 23.7 Å². The molecule has 0 radical (unpaired) electrons. The highest BCUT2D eigenvalue weighted by Crippen LogP contribution is 2.35. The number of carbonyl (C=O) groups excluding carboxylic acids is 2. The molecule has 148 valence electrons. The summed E-state index contributed by atoms with van der Waals surface area (Å²) in [6.07, 6.45) is 8.53. The molecule has 2 amide bonds. The lowest BCUT2D eigenvalue weighted by Gasteiger charge is -2.35. The van der Waals surface area contributed by atoms with Gasteiger partial charge in [-0.1, -0.05) is 12.8 Å². The fourth-order valence-corrected chi connectivity index (χ4v) is 5.57. The number of likely N-dealkylation sites (tertiary alicyclic amines) is 2. The summed E-state index contributed by atoms with van der Waals surface area (Å²) in [7, 11) is 0. The molecule has 4 aliphatic rings. The molecule has 0 spiro atoms. The molecule has 4 atom stereocenters. The van der Waals surface area contributed by atoms with Gasteiger partial charge >= 0.3 is 0 Å². The molecule has 1 N–H and O–H groups in total. The molecular formula is C20H34ClN3O2. The Balaban J connectivity index is 0.00000196. The maximum absolute atomic E-state index is 13.3. The monoisotopic (exact) mass is 383 g/mol. The van der Waals surface area contributed by atoms with Gasteiger partial charge in [0.25, 0.3) is 0 Å². The first kappa shape index (κ1) is 19.9. The summed E-state index contributed by atoms with van der Waals surface area (Å²) in [5, 5.41) is 3.50. The molecule has 0 bridgehead atoms. The van der Waals surface area contributed by atoms with Gasteiger partial charge < -0.3 is 15.1 Å². The zero-order valence-electron chi connectivity index (χ0n) is 15.8. The lowest BCUT2D eigenvalue weighted by molar-refractivity contribution is -0.147. The second-order valence-electron chi connectivity index (χ2n) is 8.61. The molecule has 2 unspecified atom stereocenters. The van der Waals surface area contributed by atoms with Gasteiger partial charge in [-0.05, 0) is 63.5 Å². The largest absolute Gasteiger partial charge is 0.342 e. The van der Waals surface area contributed by atoms with Crippen LogP contribution in [0.2, 0.25) is 0 Å². The standard InChI is InChI=1S/C20H33N3O2.ClH/c24-19(22-9-3-4-10-22)17-5-1-2-6-18(17)20(25)23-11-7-15-13-21-14-16(15)8-12-23;/h15-18,21H,1-14H2;1H/t15-,16+,17?,18?;. The van der Waals surface area contributed by atoms with Crippen LogP contribution < -0.4 is 5.32 Å². The number of nitrogens with one attached hydrogen (secondary N) is 1. The summed E-state index contributed by atoms with van der Waals surface area (Å²) in [5.74, 6) is 1.93. The quantitative estimate of drug-likeness (QED) is 0.796. The first-order chi connectivity index (χ1) is 12.2. The second-order valence-corrected chi connectivity index (χ2v) is 8.61. The van der Waals surface area contributed by atoms with Crippen LogP contribution in [0.4, 0.5) is 0 Å². The SMILES string of the molecule is Cl.O=C(C1CCCCC1C(=O)N1CC[C@@H]2CNC[C@@H]2CC1)N1CCCC1. The summed E-state index contributed by atoms with van der Waals surface area (Å²) >= 11 is 0. The average Bonchev–Trinajstić information content (AvgIpc) is 3.30. The van der Waals surface area contributed by atoms with Crippen molar-refractivity contribution in [2.24, 2.45) is 23.7 Å². The Bertz CT molecular complexity index is 495. The number of fused-ring (bicyclic) bond motifs is 1. The molecule has 4 rings (SSSR count). The van der Waals surface area contributed by atoms with E-state index in [0.717, 1.165) is 102 Å². The van der Waals surface area contributed by atoms with E-state index in [1.807, 2.05) is 4.90 Å². The Morgan fingerprint density at radius 1 is 0.654 bits per heavy atom. The highest BCUT2D eigenvalue weighted by Gasteiger charge is 2.41. The number of amides is 2. The van der Waals surface area contributed by atoms with Crippen molar-refractivity contribution in [3.8, 4) is 0 Å². The van der Waals surface area contributed by atoms with Gasteiger partial charge in [0, 0.05) is 38.0 Å². The zero-order valence-corrected chi connectivity index (χ0v) is 16.6. The van der Waals surface area contributed by atoms with Gasteiger partial charge in [-0.2, -0.15) is 0 Å². The molecule has 1 aliphatic carbocycles. The molecule has 4 fully saturated rings. The third kappa shape index (κ3) is 4.04. The maximum atomic E-state index is 13.3. The minimum absolute atomic E-state index is 0. The Morgan fingerprint density at radius 2 is 1.12 bits per heavy atom. The van der Waals surface area contributed by atoms with Gasteiger partial charge in [0.15, 0.2) is 0 Å². The lowest BCUT2D eigenvalue weighted by atomic mass is 9.77. The molecule has 26 heavy (non-hydrogen) atoms. The summed E-state index contributed by atoms with van der Waals surface area (Å²) in [5.41, 5.74) is 0. The topological polar surface area (TPSA) is 52.7 Å². The number of nitrogens with zero attached hydrogens (tertiary/aromatic N) is 2. The van der Waals surface area contributed by atoms with Crippen molar-refractivity contribution >= 4 is 24.2 Å². The molecule has 3 saturated heterocycles. The van der Waals surface area contributed by atoms with Crippen molar-refractivity contribution in [2.45, 2.75) is 51.4 Å². The number of carbonyl (C=O) groups is 2. The summed E-state index contributed by atoms with van der Waals surface area (Å²) < 4.78 is 0. The van der Waals surface area contributed by atoms with Gasteiger partial charge in [-0.3, -0.25) is 9.59 Å². The van der Waals surface area contributed by atoms with Crippen molar-refractivity contribution in [3.63, 3.8) is 0 Å². The molecule has 6 heteroatoms. The van der Waals surface area contributed by atoms with Crippen LogP contribution in [-0.2, 0) is 9.59 Å². The fraction of sp³-hybridized carbons (Fsp3) is 0.900. The molecule has 0 aromatic rings. The number of hydrogen-bond donors (Lipinski definition) is 1. The first-order valence-electron chi connectivity index (χ1n) is 10.5. The molecule has 1 saturated carbocycles. The number of halogens is 1. The van der Waals surface area contributed by atoms with Gasteiger partial charge in [-0.25, -0.2) is 0 Å². The van der Waals surface area contributed by atoms with E-state index in [1.54, 1.807) is 0 Å². The Labute approximate surface area is 163 Å². The van der Waals surface area contributed by atoms with Crippen LogP contribution >= 0.6 is 12.4 Å². The average molecular weight is 384 g/mol. The summed E-state index contributed by atoms with van der Waals surface area (Å²) in [4.78, 5) is 30.4. The van der Waals surface area contributed by atoms with Crippen molar-refractivity contribution in [2.75, 3.05) is 39.3 Å². The van der Waals surface area contributed by atoms with E-state index >= 15 is 0 Å². The smallest absolute Gasteiger partial charge is 0.226 e. The first-order valence-corrected chi connectivity index (χ1v) is 10.5. The van der Waals surface area contributed by atoms with Gasteiger partial charge in [0.05, 0.1) is 0 Å². The molecular weight excluding hydrogens is 350 g/mol. The Morgan fingerprint density at radius 3 is 1.62 bits per heavy atom. The van der Waals surface area contributed by atoms with Crippen molar-refractivity contribution < 1.29 is 9.59 Å². The second kappa shape index (κ2) is 8.92. The molecule has 0 aromatic carbocycles. The van der Waals surface area contributed by atoms with E-state index in [9.17, 15) is 9.59 Å². The van der Waals surface area contributed by atoms with E-state index in [-0.39, 0.29) is 36.1 Å². The Kier molecular flexibility index (Phi) is 6.84. The van der Waals surface area contributed by atoms with Crippen LogP contribution in [0.3, 0.4) is 0 Å². The summed E-state index contributed by atoms with van der Waals surface area (Å²) in [6, 6.07) is 0. The third-order valence-electron chi connectivity index (χ3n) is 7.15. The van der Waals surface area contributed by atoms with Crippen LogP contribution in [0.25, 0.3) is 0 Å². The predicted octanol–water partition coefficient (Wildman–Crippen LogP) is 2.29. The fourth-order valence-electron chi connectivity index (χ4n) is 5.57. The van der Waals surface area contributed by atoms with E-state index in [0.29, 0.717) is 0 Å². The van der Waals surface area contributed by atoms with E-state index in [2.05, 4.69) is 10.2 Å². The summed E-state index contributed by atoms with van der Waals surface area (Å²) in [6.45, 7) is 5.82. The third-order valence-corrected chi connectivity index (χ3v) is 7.15. The van der Waals surface area contributed by atoms with Gasteiger partial charge in [-0.15, -0.1) is 12.4 Å². The van der Waals surface area contributed by atoms with Crippen LogP contribution in [0.5, 0.6) is 0 Å². The minimum atomic E-state index is -0.0575. The normalized spacial score (nSPS) is 34.8. The highest BCUT2D eigenvalue weighted by molar-refractivity contribution is 5.88. The number of hydrogen-bond acceptors (Lipinski definition) is 3. The van der Waals surface area contributed by atoms with E-state index < -0.39 is 0 Å². The molecule has 3 heterocycles. The van der Waals surface area contributed by atoms with E-state index in [1.165, 1.54) is 0 Å². The van der Waals surface area contributed by atoms with Crippen molar-refractivity contribution in [1.29, 1.82) is 0 Å². The highest BCUT2D eigenvalue weighted by atomic mass is 35.5. The Hall–Kier alpha value is -0.810. The van der Waals surface area contributed by atoms with Crippen LogP contribution in [0.15, 0.2) is 0 Å². The molecule has 0 aromatic heterocycles. The van der Waals surface area contributed by atoms with Gasteiger partial charge in [0.1, 0.15) is 0 Å². The van der Waals surface area contributed by atoms with E-state index in [4.69, 9.17) is 0 Å². The van der Waals surface area contributed by atoms with Crippen molar-refractivity contribution in [3.05, 3.63) is 0 Å². The van der Waals surface area contributed by atoms with Gasteiger partial charge in [0.2, 0.25) is 11.8 Å². The zero-order chi connectivity index (χ0) is 17.2. The minimum Gasteiger partial charge on any atom is -0.342 e.